The Labute approximate surface area is 119 Å². The van der Waals surface area contributed by atoms with Crippen LogP contribution in [-0.2, 0) is 0 Å². The topological polar surface area (TPSA) is 12.0 Å². The highest BCUT2D eigenvalue weighted by molar-refractivity contribution is 9.10. The average Bonchev–Trinajstić information content (AvgIpc) is 2.28. The Morgan fingerprint density at radius 1 is 1.22 bits per heavy atom. The molecule has 1 saturated carbocycles. The van der Waals surface area contributed by atoms with E-state index in [4.69, 9.17) is 0 Å². The Morgan fingerprint density at radius 3 is 2.50 bits per heavy atom. The highest BCUT2D eigenvalue weighted by Gasteiger charge is 2.31. The van der Waals surface area contributed by atoms with Crippen LogP contribution in [0.25, 0.3) is 0 Å². The second kappa shape index (κ2) is 6.21. The summed E-state index contributed by atoms with van der Waals surface area (Å²) in [6, 6.07) is 9.36. The first-order chi connectivity index (χ1) is 8.58. The van der Waals surface area contributed by atoms with Crippen LogP contribution in [-0.4, -0.2) is 12.6 Å². The molecular formula is C16H24BrN. The molecule has 0 aliphatic heterocycles. The van der Waals surface area contributed by atoms with Crippen LogP contribution in [0.5, 0.6) is 0 Å². The van der Waals surface area contributed by atoms with Gasteiger partial charge >= 0.3 is 0 Å². The number of halogens is 1. The van der Waals surface area contributed by atoms with Crippen molar-refractivity contribution in [3.05, 3.63) is 34.3 Å². The van der Waals surface area contributed by atoms with E-state index >= 15 is 0 Å². The molecule has 1 aromatic carbocycles. The van der Waals surface area contributed by atoms with Gasteiger partial charge in [0, 0.05) is 10.5 Å². The van der Waals surface area contributed by atoms with Crippen molar-refractivity contribution in [2.45, 2.75) is 45.6 Å². The third kappa shape index (κ3) is 3.36. The second-order valence-electron chi connectivity index (χ2n) is 6.02. The Hall–Kier alpha value is -0.340. The summed E-state index contributed by atoms with van der Waals surface area (Å²) in [5.41, 5.74) is 1.48. The quantitative estimate of drug-likeness (QED) is 0.839. The van der Waals surface area contributed by atoms with Gasteiger partial charge in [0.1, 0.15) is 0 Å². The zero-order valence-corrected chi connectivity index (χ0v) is 13.2. The first-order valence-corrected chi connectivity index (χ1v) is 7.85. The molecule has 0 saturated heterocycles. The van der Waals surface area contributed by atoms with Gasteiger partial charge < -0.3 is 5.32 Å². The van der Waals surface area contributed by atoms with E-state index in [2.05, 4.69) is 66.3 Å². The normalized spacial score (nSPS) is 24.9. The predicted molar refractivity (Wildman–Crippen MR) is 81.9 cm³/mol. The summed E-state index contributed by atoms with van der Waals surface area (Å²) in [4.78, 5) is 0. The van der Waals surface area contributed by atoms with Crippen molar-refractivity contribution in [1.29, 1.82) is 0 Å². The molecule has 18 heavy (non-hydrogen) atoms. The first kappa shape index (κ1) is 14.1. The van der Waals surface area contributed by atoms with Crippen LogP contribution < -0.4 is 5.32 Å². The minimum Gasteiger partial charge on any atom is -0.314 e. The summed E-state index contributed by atoms with van der Waals surface area (Å²) in [6.45, 7) is 8.10. The molecule has 1 fully saturated rings. The summed E-state index contributed by atoms with van der Waals surface area (Å²) >= 11 is 3.65. The standard InChI is InChI=1S/C16H24BrN/c1-11(2)12(3)10-18-14-8-13(9-14)15-6-4-5-7-16(15)17/h4-7,11-14,18H,8-10H2,1-3H3. The maximum absolute atomic E-state index is 3.70. The van der Waals surface area contributed by atoms with Crippen LogP contribution in [0.3, 0.4) is 0 Å². The van der Waals surface area contributed by atoms with Gasteiger partial charge in [-0.25, -0.2) is 0 Å². The van der Waals surface area contributed by atoms with Crippen molar-refractivity contribution < 1.29 is 0 Å². The fraction of sp³-hybridized carbons (Fsp3) is 0.625. The lowest BCUT2D eigenvalue weighted by atomic mass is 9.75. The summed E-state index contributed by atoms with van der Waals surface area (Å²) in [6.07, 6.45) is 2.57. The SMILES string of the molecule is CC(C)C(C)CNC1CC(c2ccccc2Br)C1. The summed E-state index contributed by atoms with van der Waals surface area (Å²) in [7, 11) is 0. The van der Waals surface area contributed by atoms with Gasteiger partial charge in [-0.3, -0.25) is 0 Å². The molecule has 2 rings (SSSR count). The maximum atomic E-state index is 3.70. The van der Waals surface area contributed by atoms with E-state index in [1.807, 2.05) is 0 Å². The zero-order chi connectivity index (χ0) is 13.1. The minimum absolute atomic E-state index is 0.725. The van der Waals surface area contributed by atoms with E-state index in [0.717, 1.165) is 30.3 Å². The number of nitrogens with one attached hydrogen (secondary N) is 1. The van der Waals surface area contributed by atoms with Gasteiger partial charge in [-0.05, 0) is 48.8 Å². The van der Waals surface area contributed by atoms with Crippen molar-refractivity contribution in [1.82, 2.24) is 5.32 Å². The number of benzene rings is 1. The Kier molecular flexibility index (Phi) is 4.85. The molecule has 0 aromatic heterocycles. The van der Waals surface area contributed by atoms with Crippen LogP contribution in [0, 0.1) is 11.8 Å². The fourth-order valence-corrected chi connectivity index (χ4v) is 3.04. The molecule has 0 radical (unpaired) electrons. The highest BCUT2D eigenvalue weighted by atomic mass is 79.9. The lowest BCUT2D eigenvalue weighted by Gasteiger charge is -2.37. The average molecular weight is 310 g/mol. The Morgan fingerprint density at radius 2 is 1.89 bits per heavy atom. The molecule has 1 aromatic rings. The molecule has 1 nitrogen and oxygen atoms in total. The van der Waals surface area contributed by atoms with E-state index in [0.29, 0.717) is 0 Å². The number of rotatable bonds is 5. The minimum atomic E-state index is 0.725. The summed E-state index contributed by atoms with van der Waals surface area (Å²) < 4.78 is 1.27. The van der Waals surface area contributed by atoms with Gasteiger partial charge in [-0.15, -0.1) is 0 Å². The van der Waals surface area contributed by atoms with Crippen LogP contribution in [0.15, 0.2) is 28.7 Å². The van der Waals surface area contributed by atoms with Gasteiger partial charge in [-0.2, -0.15) is 0 Å². The molecule has 2 heteroatoms. The summed E-state index contributed by atoms with van der Waals surface area (Å²) in [5.74, 6) is 2.29. The second-order valence-corrected chi connectivity index (χ2v) is 6.87. The van der Waals surface area contributed by atoms with E-state index < -0.39 is 0 Å². The van der Waals surface area contributed by atoms with Crippen LogP contribution in [0.2, 0.25) is 0 Å². The van der Waals surface area contributed by atoms with Gasteiger partial charge in [0.2, 0.25) is 0 Å². The Balaban J connectivity index is 1.76. The van der Waals surface area contributed by atoms with Crippen molar-refractivity contribution in [3.8, 4) is 0 Å². The maximum Gasteiger partial charge on any atom is 0.0210 e. The van der Waals surface area contributed by atoms with E-state index in [-0.39, 0.29) is 0 Å². The van der Waals surface area contributed by atoms with Crippen molar-refractivity contribution in [2.24, 2.45) is 11.8 Å². The third-order valence-corrected chi connectivity index (χ3v) is 5.07. The smallest absolute Gasteiger partial charge is 0.0210 e. The first-order valence-electron chi connectivity index (χ1n) is 7.05. The summed E-state index contributed by atoms with van der Waals surface area (Å²) in [5, 5.41) is 3.70. The zero-order valence-electron chi connectivity index (χ0n) is 11.6. The Bertz CT molecular complexity index is 382. The molecule has 0 heterocycles. The van der Waals surface area contributed by atoms with Crippen LogP contribution in [0.1, 0.15) is 45.1 Å². The van der Waals surface area contributed by atoms with Gasteiger partial charge in [0.15, 0.2) is 0 Å². The largest absolute Gasteiger partial charge is 0.314 e. The lowest BCUT2D eigenvalue weighted by molar-refractivity contribution is 0.264. The van der Waals surface area contributed by atoms with Crippen molar-refractivity contribution in [2.75, 3.05) is 6.54 Å². The van der Waals surface area contributed by atoms with E-state index in [1.54, 1.807) is 0 Å². The van der Waals surface area contributed by atoms with E-state index in [1.165, 1.54) is 22.9 Å². The molecule has 1 unspecified atom stereocenters. The molecule has 0 spiro atoms. The molecule has 1 aliphatic rings. The van der Waals surface area contributed by atoms with Gasteiger partial charge in [0.25, 0.3) is 0 Å². The highest BCUT2D eigenvalue weighted by Crippen LogP contribution is 2.40. The monoisotopic (exact) mass is 309 g/mol. The number of hydrogen-bond donors (Lipinski definition) is 1. The molecular weight excluding hydrogens is 286 g/mol. The molecule has 0 amide bonds. The van der Waals surface area contributed by atoms with Crippen LogP contribution >= 0.6 is 15.9 Å². The molecule has 0 bridgehead atoms. The molecule has 1 aliphatic carbocycles. The lowest BCUT2D eigenvalue weighted by Crippen LogP contribution is -2.42. The molecule has 1 N–H and O–H groups in total. The van der Waals surface area contributed by atoms with Crippen molar-refractivity contribution >= 4 is 15.9 Å². The van der Waals surface area contributed by atoms with Gasteiger partial charge in [-0.1, -0.05) is 54.9 Å². The molecule has 1 atom stereocenters. The number of hydrogen-bond acceptors (Lipinski definition) is 1. The van der Waals surface area contributed by atoms with Crippen LogP contribution in [0.4, 0.5) is 0 Å². The molecule has 100 valence electrons. The van der Waals surface area contributed by atoms with E-state index in [9.17, 15) is 0 Å². The van der Waals surface area contributed by atoms with Gasteiger partial charge in [0.05, 0.1) is 0 Å². The van der Waals surface area contributed by atoms with Crippen molar-refractivity contribution in [3.63, 3.8) is 0 Å². The fourth-order valence-electron chi connectivity index (χ4n) is 2.43. The predicted octanol–water partition coefficient (Wildman–Crippen LogP) is 4.58. The third-order valence-electron chi connectivity index (χ3n) is 4.35.